The number of anilines is 2. The molecule has 1 heterocycles. The van der Waals surface area contributed by atoms with Crippen LogP contribution in [0.5, 0.6) is 17.2 Å². The lowest BCUT2D eigenvalue weighted by molar-refractivity contribution is -0.114. The minimum absolute atomic E-state index is 0.0119. The number of amides is 2. The number of hydrogen-bond donors (Lipinski definition) is 2. The molecule has 0 saturated carbocycles. The van der Waals surface area contributed by atoms with Gasteiger partial charge in [0.2, 0.25) is 22.7 Å². The van der Waals surface area contributed by atoms with Crippen LogP contribution in [0, 0.1) is 5.82 Å². The number of ether oxygens (including phenoxy) is 3. The normalized spacial score (nSPS) is 10.7. The number of carbonyl (C=O) groups excluding carboxylic acids is 2. The number of aromatic nitrogens is 2. The summed E-state index contributed by atoms with van der Waals surface area (Å²) >= 11 is 2.24. The van der Waals surface area contributed by atoms with Crippen molar-refractivity contribution < 1.29 is 28.2 Å². The van der Waals surface area contributed by atoms with Crippen LogP contribution in [-0.2, 0) is 9.59 Å². The topological polar surface area (TPSA) is 112 Å². The van der Waals surface area contributed by atoms with Crippen molar-refractivity contribution in [1.29, 1.82) is 0 Å². The second kappa shape index (κ2) is 12.0. The van der Waals surface area contributed by atoms with E-state index in [-0.39, 0.29) is 22.5 Å². The van der Waals surface area contributed by atoms with Crippen LogP contribution in [0.2, 0.25) is 0 Å². The molecule has 178 valence electrons. The van der Waals surface area contributed by atoms with Gasteiger partial charge < -0.3 is 19.5 Å². The fourth-order valence-electron chi connectivity index (χ4n) is 2.71. The summed E-state index contributed by atoms with van der Waals surface area (Å²) in [5, 5.41) is 13.2. The number of para-hydroxylation sites is 1. The summed E-state index contributed by atoms with van der Waals surface area (Å²) in [5.74, 6) is 0.0774. The number of hydrogen-bond acceptors (Lipinski definition) is 9. The Balaban J connectivity index is 1.54. The number of thioether (sulfide) groups is 1. The van der Waals surface area contributed by atoms with E-state index in [9.17, 15) is 14.0 Å². The lowest BCUT2D eigenvalue weighted by Crippen LogP contribution is -2.14. The molecule has 0 bridgehead atoms. The van der Waals surface area contributed by atoms with Crippen LogP contribution >= 0.6 is 23.1 Å². The van der Waals surface area contributed by atoms with Crippen molar-refractivity contribution in [3.63, 3.8) is 0 Å². The maximum Gasteiger partial charge on any atom is 0.250 e. The minimum atomic E-state index is -0.513. The molecule has 2 aromatic carbocycles. The van der Waals surface area contributed by atoms with Crippen molar-refractivity contribution in [2.75, 3.05) is 37.7 Å². The molecule has 12 heteroatoms. The first-order valence-electron chi connectivity index (χ1n) is 9.73. The zero-order chi connectivity index (χ0) is 24.5. The number of methoxy groups -OCH3 is 3. The van der Waals surface area contributed by atoms with Crippen LogP contribution in [0.1, 0.15) is 5.56 Å². The molecule has 0 aliphatic rings. The summed E-state index contributed by atoms with van der Waals surface area (Å²) in [7, 11) is 4.52. The maximum atomic E-state index is 13.6. The Labute approximate surface area is 203 Å². The van der Waals surface area contributed by atoms with Gasteiger partial charge in [0.25, 0.3) is 0 Å². The summed E-state index contributed by atoms with van der Waals surface area (Å²) in [6.45, 7) is 0. The monoisotopic (exact) mass is 504 g/mol. The Bertz CT molecular complexity index is 1180. The van der Waals surface area contributed by atoms with E-state index in [0.717, 1.165) is 23.1 Å². The molecule has 34 heavy (non-hydrogen) atoms. The van der Waals surface area contributed by atoms with E-state index < -0.39 is 11.7 Å². The van der Waals surface area contributed by atoms with Crippen LogP contribution in [0.15, 0.2) is 46.8 Å². The second-order valence-electron chi connectivity index (χ2n) is 6.47. The molecular formula is C22H21FN4O5S2. The summed E-state index contributed by atoms with van der Waals surface area (Å²) in [6, 6.07) is 9.31. The number of benzene rings is 2. The van der Waals surface area contributed by atoms with Crippen LogP contribution < -0.4 is 24.8 Å². The van der Waals surface area contributed by atoms with Gasteiger partial charge in [-0.3, -0.25) is 14.9 Å². The van der Waals surface area contributed by atoms with Gasteiger partial charge >= 0.3 is 0 Å². The van der Waals surface area contributed by atoms with Crippen molar-refractivity contribution >= 4 is 51.8 Å². The van der Waals surface area contributed by atoms with Crippen molar-refractivity contribution in [3.8, 4) is 17.2 Å². The Morgan fingerprint density at radius 1 is 1.06 bits per heavy atom. The second-order valence-corrected chi connectivity index (χ2v) is 8.67. The van der Waals surface area contributed by atoms with Gasteiger partial charge in [-0.05, 0) is 35.9 Å². The molecule has 0 aliphatic heterocycles. The van der Waals surface area contributed by atoms with Crippen molar-refractivity contribution in [2.24, 2.45) is 0 Å². The molecule has 0 unspecified atom stereocenters. The quantitative estimate of drug-likeness (QED) is 0.241. The molecule has 0 fully saturated rings. The lowest BCUT2D eigenvalue weighted by atomic mass is 10.1. The highest BCUT2D eigenvalue weighted by molar-refractivity contribution is 8.01. The van der Waals surface area contributed by atoms with Crippen LogP contribution in [0.25, 0.3) is 6.08 Å². The third-order valence-electron chi connectivity index (χ3n) is 4.23. The molecule has 0 atom stereocenters. The third-order valence-corrected chi connectivity index (χ3v) is 6.20. The number of halogens is 1. The Morgan fingerprint density at radius 2 is 1.76 bits per heavy atom. The van der Waals surface area contributed by atoms with Gasteiger partial charge in [0.15, 0.2) is 15.8 Å². The Hall–Kier alpha value is -3.64. The van der Waals surface area contributed by atoms with E-state index in [1.54, 1.807) is 24.3 Å². The van der Waals surface area contributed by atoms with E-state index >= 15 is 0 Å². The van der Waals surface area contributed by atoms with Crippen LogP contribution in [0.4, 0.5) is 15.2 Å². The molecule has 2 N–H and O–H groups in total. The first-order valence-corrected chi connectivity index (χ1v) is 11.5. The van der Waals surface area contributed by atoms with Gasteiger partial charge in [-0.25, -0.2) is 4.39 Å². The number of nitrogens with one attached hydrogen (secondary N) is 2. The smallest absolute Gasteiger partial charge is 0.250 e. The predicted molar refractivity (Wildman–Crippen MR) is 129 cm³/mol. The van der Waals surface area contributed by atoms with Gasteiger partial charge in [0.05, 0.1) is 32.8 Å². The van der Waals surface area contributed by atoms with Gasteiger partial charge in [0.1, 0.15) is 5.82 Å². The van der Waals surface area contributed by atoms with Gasteiger partial charge in [-0.2, -0.15) is 0 Å². The van der Waals surface area contributed by atoms with Crippen LogP contribution in [-0.4, -0.2) is 49.1 Å². The molecule has 1 aromatic heterocycles. The highest BCUT2D eigenvalue weighted by atomic mass is 32.2. The summed E-state index contributed by atoms with van der Waals surface area (Å²) in [6.07, 6.45) is 2.92. The summed E-state index contributed by atoms with van der Waals surface area (Å²) in [5.41, 5.74) is 0.774. The van der Waals surface area contributed by atoms with E-state index in [4.69, 9.17) is 14.2 Å². The van der Waals surface area contributed by atoms with Gasteiger partial charge in [-0.1, -0.05) is 35.2 Å². The van der Waals surface area contributed by atoms with E-state index in [1.165, 1.54) is 45.6 Å². The highest BCUT2D eigenvalue weighted by Gasteiger charge is 2.13. The molecule has 3 rings (SSSR count). The number of nitrogens with zero attached hydrogens (tertiary/aromatic N) is 2. The largest absolute Gasteiger partial charge is 0.493 e. The Morgan fingerprint density at radius 3 is 2.41 bits per heavy atom. The molecule has 9 nitrogen and oxygen atoms in total. The number of rotatable bonds is 10. The average Bonchev–Trinajstić information content (AvgIpc) is 3.29. The number of carbonyl (C=O) groups is 2. The fourth-order valence-corrected chi connectivity index (χ4v) is 4.27. The predicted octanol–water partition coefficient (Wildman–Crippen LogP) is 4.09. The zero-order valence-corrected chi connectivity index (χ0v) is 20.1. The SMILES string of the molecule is COc1cc(/C=C/C(=O)Nc2nnc(SCC(=O)Nc3ccccc3F)s2)cc(OC)c1OC. The fraction of sp³-hybridized carbons (Fsp3) is 0.182. The first-order chi connectivity index (χ1) is 16.4. The molecular weight excluding hydrogens is 483 g/mol. The molecule has 3 aromatic rings. The van der Waals surface area contributed by atoms with Crippen molar-refractivity contribution in [2.45, 2.75) is 4.34 Å². The minimum Gasteiger partial charge on any atom is -0.493 e. The highest BCUT2D eigenvalue weighted by Crippen LogP contribution is 2.38. The zero-order valence-electron chi connectivity index (χ0n) is 18.5. The van der Waals surface area contributed by atoms with E-state index in [2.05, 4.69) is 20.8 Å². The average molecular weight is 505 g/mol. The molecule has 0 saturated heterocycles. The molecule has 0 radical (unpaired) electrons. The van der Waals surface area contributed by atoms with Gasteiger partial charge in [0, 0.05) is 6.08 Å². The van der Waals surface area contributed by atoms with Crippen molar-refractivity contribution in [3.05, 3.63) is 53.9 Å². The lowest BCUT2D eigenvalue weighted by Gasteiger charge is -2.12. The third kappa shape index (κ3) is 6.68. The molecule has 0 spiro atoms. The maximum absolute atomic E-state index is 13.6. The first kappa shape index (κ1) is 25.0. The van der Waals surface area contributed by atoms with Crippen LogP contribution in [0.3, 0.4) is 0 Å². The Kier molecular flexibility index (Phi) is 8.82. The van der Waals surface area contributed by atoms with E-state index in [0.29, 0.717) is 27.2 Å². The van der Waals surface area contributed by atoms with E-state index in [1.807, 2.05) is 0 Å². The molecule has 2 amide bonds. The molecule has 0 aliphatic carbocycles. The van der Waals surface area contributed by atoms with Crippen molar-refractivity contribution in [1.82, 2.24) is 10.2 Å². The summed E-state index contributed by atoms with van der Waals surface area (Å²) < 4.78 is 30.0. The van der Waals surface area contributed by atoms with Gasteiger partial charge in [-0.15, -0.1) is 10.2 Å². The summed E-state index contributed by atoms with van der Waals surface area (Å²) in [4.78, 5) is 24.3. The standard InChI is InChI=1S/C22H21FN4O5S2/c1-30-16-10-13(11-17(31-2)20(16)32-3)8-9-18(28)25-21-26-27-22(34-21)33-12-19(29)24-15-7-5-4-6-14(15)23/h4-11H,12H2,1-3H3,(H,24,29)(H,25,26,28)/b9-8+.